The molecule has 156 valence electrons. The van der Waals surface area contributed by atoms with Gasteiger partial charge in [0, 0.05) is 12.2 Å². The molecule has 1 fully saturated rings. The summed E-state index contributed by atoms with van der Waals surface area (Å²) in [7, 11) is 1.64. The Morgan fingerprint density at radius 2 is 1.68 bits per heavy atom. The molecule has 0 spiro atoms. The quantitative estimate of drug-likeness (QED) is 0.296. The zero-order chi connectivity index (χ0) is 21.0. The second kappa shape index (κ2) is 8.88. The molecule has 2 aromatic heterocycles. The van der Waals surface area contributed by atoms with E-state index in [1.54, 1.807) is 7.11 Å². The smallest absolute Gasteiger partial charge is 0.231 e. The lowest BCUT2D eigenvalue weighted by molar-refractivity contribution is 0.201. The normalized spacial score (nSPS) is 14.4. The lowest BCUT2D eigenvalue weighted by atomic mass is 10.2. The van der Waals surface area contributed by atoms with E-state index in [9.17, 15) is 0 Å². The summed E-state index contributed by atoms with van der Waals surface area (Å²) in [5.41, 5.74) is 2.68. The summed E-state index contributed by atoms with van der Waals surface area (Å²) >= 11 is 2.96. The number of benzene rings is 2. The molecule has 4 aromatic rings. The highest BCUT2D eigenvalue weighted by Crippen LogP contribution is 2.39. The molecule has 0 radical (unpaired) electrons. The Labute approximate surface area is 186 Å². The molecule has 0 unspecified atom stereocenters. The highest BCUT2D eigenvalue weighted by Gasteiger charge is 2.12. The number of rotatable bonds is 6. The van der Waals surface area contributed by atoms with E-state index in [0.29, 0.717) is 11.9 Å². The van der Waals surface area contributed by atoms with Crippen LogP contribution < -0.4 is 9.64 Å². The standard InChI is InChI=1S/C21H18N6O2S2/c1-28-17-8-4-15(5-9-17)23-25-19-12-18-20(31-19)22-21(30-18)26-24-14-2-6-16(7-3-14)27-10-11-29-13-27/h2-9,12H,10-11,13H2,1H3. The third-order valence-corrected chi connectivity index (χ3v) is 6.55. The Morgan fingerprint density at radius 3 is 2.35 bits per heavy atom. The van der Waals surface area contributed by atoms with Crippen molar-refractivity contribution in [3.63, 3.8) is 0 Å². The average Bonchev–Trinajstić information content (AvgIpc) is 3.54. The van der Waals surface area contributed by atoms with Crippen LogP contribution in [0.3, 0.4) is 0 Å². The van der Waals surface area contributed by atoms with Crippen molar-refractivity contribution in [2.45, 2.75) is 0 Å². The molecule has 1 aliphatic rings. The summed E-state index contributed by atoms with van der Waals surface area (Å²) in [4.78, 5) is 7.60. The maximum absolute atomic E-state index is 5.38. The molecule has 0 atom stereocenters. The molecule has 2 aromatic carbocycles. The topological polar surface area (TPSA) is 84.0 Å². The van der Waals surface area contributed by atoms with Gasteiger partial charge in [0.2, 0.25) is 5.13 Å². The predicted molar refractivity (Wildman–Crippen MR) is 123 cm³/mol. The second-order valence-corrected chi connectivity index (χ2v) is 8.68. The molecule has 8 nitrogen and oxygen atoms in total. The largest absolute Gasteiger partial charge is 0.497 e. The lowest BCUT2D eigenvalue weighted by Crippen LogP contribution is -2.17. The minimum Gasteiger partial charge on any atom is -0.497 e. The summed E-state index contributed by atoms with van der Waals surface area (Å²) in [6.45, 7) is 2.32. The van der Waals surface area contributed by atoms with E-state index in [1.807, 2.05) is 54.6 Å². The van der Waals surface area contributed by atoms with Gasteiger partial charge in [-0.3, -0.25) is 0 Å². The Bertz CT molecular complexity index is 1190. The van der Waals surface area contributed by atoms with E-state index >= 15 is 0 Å². The van der Waals surface area contributed by atoms with Crippen molar-refractivity contribution in [2.75, 3.05) is 31.9 Å². The first-order valence-corrected chi connectivity index (χ1v) is 11.2. The Balaban J connectivity index is 1.25. The molecule has 5 rings (SSSR count). The SMILES string of the molecule is COc1ccc(N=Nc2cc3sc(N=Nc4ccc(N5CCOC5)cc4)nc3s2)cc1. The number of fused-ring (bicyclic) bond motifs is 1. The van der Waals surface area contributed by atoms with Gasteiger partial charge in [-0.1, -0.05) is 22.7 Å². The van der Waals surface area contributed by atoms with Crippen LogP contribution in [0.5, 0.6) is 5.75 Å². The van der Waals surface area contributed by atoms with Crippen LogP contribution >= 0.6 is 22.7 Å². The number of anilines is 1. The highest BCUT2D eigenvalue weighted by molar-refractivity contribution is 7.30. The molecule has 0 aliphatic carbocycles. The number of hydrogen-bond donors (Lipinski definition) is 0. The third-order valence-electron chi connectivity index (χ3n) is 4.62. The fraction of sp³-hybridized carbons (Fsp3) is 0.190. The Kier molecular flexibility index (Phi) is 5.65. The zero-order valence-electron chi connectivity index (χ0n) is 16.6. The number of thiazole rings is 1. The molecule has 0 N–H and O–H groups in total. The van der Waals surface area contributed by atoms with Gasteiger partial charge in [0.25, 0.3) is 0 Å². The van der Waals surface area contributed by atoms with E-state index < -0.39 is 0 Å². The van der Waals surface area contributed by atoms with Gasteiger partial charge >= 0.3 is 0 Å². The van der Waals surface area contributed by atoms with E-state index in [4.69, 9.17) is 9.47 Å². The van der Waals surface area contributed by atoms with Crippen molar-refractivity contribution in [3.05, 3.63) is 54.6 Å². The van der Waals surface area contributed by atoms with Gasteiger partial charge in [-0.05, 0) is 54.6 Å². The summed E-state index contributed by atoms with van der Waals surface area (Å²) in [5, 5.41) is 18.6. The molecule has 0 bridgehead atoms. The second-order valence-electron chi connectivity index (χ2n) is 6.67. The molecular weight excluding hydrogens is 432 g/mol. The van der Waals surface area contributed by atoms with Crippen LogP contribution in [0.1, 0.15) is 0 Å². The monoisotopic (exact) mass is 450 g/mol. The number of nitrogens with zero attached hydrogens (tertiary/aromatic N) is 6. The number of ether oxygens (including phenoxy) is 2. The molecule has 10 heteroatoms. The van der Waals surface area contributed by atoms with Crippen LogP contribution in [0.25, 0.3) is 9.53 Å². The van der Waals surface area contributed by atoms with Crippen LogP contribution in [0.15, 0.2) is 75.1 Å². The molecule has 0 amide bonds. The van der Waals surface area contributed by atoms with E-state index in [1.165, 1.54) is 22.7 Å². The first-order valence-electron chi connectivity index (χ1n) is 9.57. The van der Waals surface area contributed by atoms with Crippen LogP contribution in [0, 0.1) is 0 Å². The van der Waals surface area contributed by atoms with Gasteiger partial charge in [0.05, 0.1) is 29.8 Å². The first-order chi connectivity index (χ1) is 15.3. The minimum atomic E-state index is 0.622. The van der Waals surface area contributed by atoms with Gasteiger partial charge in [-0.15, -0.1) is 20.5 Å². The van der Waals surface area contributed by atoms with Crippen LogP contribution in [0.4, 0.5) is 27.2 Å². The van der Waals surface area contributed by atoms with Crippen molar-refractivity contribution >= 4 is 59.4 Å². The fourth-order valence-corrected chi connectivity index (χ4v) is 4.86. The van der Waals surface area contributed by atoms with E-state index in [2.05, 4.69) is 30.3 Å². The molecule has 1 aliphatic heterocycles. The van der Waals surface area contributed by atoms with Gasteiger partial charge in [-0.25, -0.2) is 4.98 Å². The average molecular weight is 451 g/mol. The Morgan fingerprint density at radius 1 is 0.935 bits per heavy atom. The predicted octanol–water partition coefficient (Wildman–Crippen LogP) is 6.99. The lowest BCUT2D eigenvalue weighted by Gasteiger charge is -2.15. The maximum atomic E-state index is 5.38. The molecule has 31 heavy (non-hydrogen) atoms. The number of thiophene rings is 1. The fourth-order valence-electron chi connectivity index (χ4n) is 3.01. The van der Waals surface area contributed by atoms with Crippen molar-refractivity contribution in [1.82, 2.24) is 4.98 Å². The molecule has 1 saturated heterocycles. The zero-order valence-corrected chi connectivity index (χ0v) is 18.3. The summed E-state index contributed by atoms with van der Waals surface area (Å²) < 4.78 is 11.6. The minimum absolute atomic E-state index is 0.622. The van der Waals surface area contributed by atoms with Gasteiger partial charge < -0.3 is 14.4 Å². The van der Waals surface area contributed by atoms with Crippen LogP contribution in [0.2, 0.25) is 0 Å². The van der Waals surface area contributed by atoms with E-state index in [-0.39, 0.29) is 0 Å². The van der Waals surface area contributed by atoms with Crippen molar-refractivity contribution in [1.29, 1.82) is 0 Å². The highest BCUT2D eigenvalue weighted by atomic mass is 32.1. The first kappa shape index (κ1) is 19.7. The van der Waals surface area contributed by atoms with Gasteiger partial charge in [0.15, 0.2) is 0 Å². The van der Waals surface area contributed by atoms with E-state index in [0.717, 1.165) is 50.5 Å². The summed E-state index contributed by atoms with van der Waals surface area (Å²) in [6, 6.07) is 17.4. The summed E-state index contributed by atoms with van der Waals surface area (Å²) in [6.07, 6.45) is 0. The van der Waals surface area contributed by atoms with Crippen molar-refractivity contribution in [3.8, 4) is 5.75 Å². The maximum Gasteiger partial charge on any atom is 0.231 e. The van der Waals surface area contributed by atoms with Crippen molar-refractivity contribution in [2.24, 2.45) is 20.5 Å². The van der Waals surface area contributed by atoms with Crippen LogP contribution in [-0.4, -0.2) is 32.0 Å². The third kappa shape index (κ3) is 4.61. The van der Waals surface area contributed by atoms with Crippen LogP contribution in [-0.2, 0) is 4.74 Å². The Hall–Kier alpha value is -3.21. The number of aromatic nitrogens is 1. The molecule has 3 heterocycles. The van der Waals surface area contributed by atoms with Gasteiger partial charge in [0.1, 0.15) is 22.3 Å². The number of azo groups is 2. The molecular formula is C21H18N6O2S2. The molecule has 0 saturated carbocycles. The van der Waals surface area contributed by atoms with Crippen molar-refractivity contribution < 1.29 is 9.47 Å². The number of methoxy groups -OCH3 is 1. The van der Waals surface area contributed by atoms with Gasteiger partial charge in [-0.2, -0.15) is 0 Å². The summed E-state index contributed by atoms with van der Waals surface area (Å²) in [5.74, 6) is 0.790. The number of hydrogen-bond acceptors (Lipinski definition) is 10.